The number of sulfonamides is 1. The number of hydrogen-bond acceptors (Lipinski definition) is 6. The lowest BCUT2D eigenvalue weighted by Gasteiger charge is -2.27. The Morgan fingerprint density at radius 1 is 1.03 bits per heavy atom. The lowest BCUT2D eigenvalue weighted by atomic mass is 10.2. The Morgan fingerprint density at radius 2 is 1.76 bits per heavy atom. The highest BCUT2D eigenvalue weighted by molar-refractivity contribution is 7.89. The second-order valence-corrected chi connectivity index (χ2v) is 9.71. The van der Waals surface area contributed by atoms with Crippen LogP contribution in [0.15, 0.2) is 47.4 Å². The fourth-order valence-electron chi connectivity index (χ4n) is 3.75. The number of hydrogen-bond donors (Lipinski definition) is 1. The van der Waals surface area contributed by atoms with E-state index in [0.717, 1.165) is 24.8 Å². The third-order valence-corrected chi connectivity index (χ3v) is 7.29. The molecule has 8 nitrogen and oxygen atoms in total. The number of rotatable bonds is 10. The minimum absolute atomic E-state index is 0.0520. The van der Waals surface area contributed by atoms with Crippen LogP contribution in [0.4, 0.5) is 5.69 Å². The Bertz CT molecular complexity index is 1120. The van der Waals surface area contributed by atoms with Gasteiger partial charge in [-0.25, -0.2) is 8.42 Å². The molecule has 2 aromatic rings. The Labute approximate surface area is 201 Å². The van der Waals surface area contributed by atoms with Crippen molar-refractivity contribution in [1.82, 2.24) is 4.31 Å². The molecule has 0 unspecified atom stereocenters. The highest BCUT2D eigenvalue weighted by Gasteiger charge is 2.29. The number of allylic oxidation sites excluding steroid dienone is 1. The first-order chi connectivity index (χ1) is 16.4. The number of benzene rings is 2. The number of ether oxygens (including phenoxy) is 3. The average molecular weight is 489 g/mol. The van der Waals surface area contributed by atoms with Crippen LogP contribution >= 0.6 is 0 Å². The topological polar surface area (TPSA) is 94.2 Å². The second-order valence-electron chi connectivity index (χ2n) is 7.81. The third-order valence-electron chi connectivity index (χ3n) is 5.37. The van der Waals surface area contributed by atoms with Crippen molar-refractivity contribution in [2.45, 2.75) is 38.0 Å². The van der Waals surface area contributed by atoms with Crippen LogP contribution in [-0.2, 0) is 14.8 Å². The molecule has 9 heteroatoms. The molecular weight excluding hydrogens is 456 g/mol. The number of nitrogens with zero attached hydrogens (tertiary/aromatic N) is 1. The van der Waals surface area contributed by atoms with Crippen LogP contribution in [0, 0.1) is 0 Å². The zero-order chi connectivity index (χ0) is 24.6. The summed E-state index contributed by atoms with van der Waals surface area (Å²) in [5.74, 6) is 0.795. The molecule has 0 aliphatic carbocycles. The van der Waals surface area contributed by atoms with Crippen molar-refractivity contribution in [3.05, 3.63) is 48.0 Å². The van der Waals surface area contributed by atoms with E-state index in [4.69, 9.17) is 14.2 Å². The van der Waals surface area contributed by atoms with Crippen LogP contribution in [0.5, 0.6) is 17.2 Å². The molecule has 1 N–H and O–H groups in total. The zero-order valence-corrected chi connectivity index (χ0v) is 20.7. The van der Waals surface area contributed by atoms with E-state index in [1.807, 2.05) is 31.2 Å². The molecule has 1 fully saturated rings. The molecule has 1 heterocycles. The molecule has 1 aliphatic rings. The summed E-state index contributed by atoms with van der Waals surface area (Å²) >= 11 is 0. The predicted molar refractivity (Wildman–Crippen MR) is 132 cm³/mol. The highest BCUT2D eigenvalue weighted by Crippen LogP contribution is 2.32. The van der Waals surface area contributed by atoms with Gasteiger partial charge in [-0.1, -0.05) is 24.6 Å². The van der Waals surface area contributed by atoms with Gasteiger partial charge in [0.1, 0.15) is 10.6 Å². The van der Waals surface area contributed by atoms with E-state index in [1.54, 1.807) is 25.1 Å². The molecule has 0 bridgehead atoms. The summed E-state index contributed by atoms with van der Waals surface area (Å²) in [5.41, 5.74) is 1.30. The first-order valence-electron chi connectivity index (χ1n) is 11.4. The van der Waals surface area contributed by atoms with Gasteiger partial charge in [0.05, 0.1) is 13.7 Å². The minimum Gasteiger partial charge on any atom is -0.493 e. The number of methoxy groups -OCH3 is 1. The van der Waals surface area contributed by atoms with Crippen molar-refractivity contribution in [2.24, 2.45) is 0 Å². The first kappa shape index (κ1) is 25.6. The molecule has 2 aromatic carbocycles. The number of anilines is 1. The van der Waals surface area contributed by atoms with Gasteiger partial charge in [0, 0.05) is 18.8 Å². The summed E-state index contributed by atoms with van der Waals surface area (Å²) in [6, 6.07) is 10.0. The molecule has 0 radical (unpaired) electrons. The lowest BCUT2D eigenvalue weighted by molar-refractivity contribution is -0.118. The first-order valence-corrected chi connectivity index (χ1v) is 12.8. The molecule has 0 atom stereocenters. The van der Waals surface area contributed by atoms with Crippen molar-refractivity contribution in [2.75, 3.05) is 38.7 Å². The lowest BCUT2D eigenvalue weighted by Crippen LogP contribution is -2.35. The summed E-state index contributed by atoms with van der Waals surface area (Å²) in [6.07, 6.45) is 6.52. The maximum atomic E-state index is 13.3. The van der Waals surface area contributed by atoms with Gasteiger partial charge in [-0.15, -0.1) is 0 Å². The Hall–Kier alpha value is -3.04. The second kappa shape index (κ2) is 11.9. The van der Waals surface area contributed by atoms with Gasteiger partial charge in [-0.2, -0.15) is 4.31 Å². The van der Waals surface area contributed by atoms with Crippen molar-refractivity contribution in [1.29, 1.82) is 0 Å². The van der Waals surface area contributed by atoms with Gasteiger partial charge in [-0.05, 0) is 62.6 Å². The van der Waals surface area contributed by atoms with Crippen LogP contribution in [0.2, 0.25) is 0 Å². The predicted octanol–water partition coefficient (Wildman–Crippen LogP) is 4.32. The molecule has 0 saturated carbocycles. The Morgan fingerprint density at radius 3 is 2.44 bits per heavy atom. The van der Waals surface area contributed by atoms with Crippen LogP contribution in [0.25, 0.3) is 6.08 Å². The van der Waals surface area contributed by atoms with E-state index >= 15 is 0 Å². The largest absolute Gasteiger partial charge is 0.493 e. The molecule has 3 rings (SSSR count). The van der Waals surface area contributed by atoms with Gasteiger partial charge in [-0.3, -0.25) is 4.79 Å². The van der Waals surface area contributed by atoms with Crippen LogP contribution in [0.1, 0.15) is 38.7 Å². The molecule has 1 saturated heterocycles. The quantitative estimate of drug-likeness (QED) is 0.535. The molecule has 0 spiro atoms. The number of amides is 1. The van der Waals surface area contributed by atoms with Gasteiger partial charge in [0.15, 0.2) is 18.1 Å². The molecule has 184 valence electrons. The van der Waals surface area contributed by atoms with Gasteiger partial charge in [0.25, 0.3) is 5.91 Å². The summed E-state index contributed by atoms with van der Waals surface area (Å²) in [4.78, 5) is 12.6. The molecular formula is C25H32N2O6S. The molecule has 0 aromatic heterocycles. The fraction of sp³-hybridized carbons (Fsp3) is 0.400. The van der Waals surface area contributed by atoms with Crippen molar-refractivity contribution < 1.29 is 27.4 Å². The van der Waals surface area contributed by atoms with Crippen LogP contribution < -0.4 is 19.5 Å². The van der Waals surface area contributed by atoms with E-state index < -0.39 is 15.9 Å². The average Bonchev–Trinajstić information content (AvgIpc) is 2.85. The Kier molecular flexibility index (Phi) is 8.95. The Balaban J connectivity index is 1.74. The summed E-state index contributed by atoms with van der Waals surface area (Å²) in [5, 5.41) is 2.71. The van der Waals surface area contributed by atoms with E-state index in [9.17, 15) is 13.2 Å². The fourth-order valence-corrected chi connectivity index (χ4v) is 5.42. The number of piperidine rings is 1. The highest BCUT2D eigenvalue weighted by atomic mass is 32.2. The maximum Gasteiger partial charge on any atom is 0.262 e. The van der Waals surface area contributed by atoms with Crippen LogP contribution in [0.3, 0.4) is 0 Å². The SMILES string of the molecule is C/C=C/c1ccc(OCC(=O)Nc2ccc(OCC)c(S(=O)(=O)N3CCCCC3)c2)c(OC)c1. The van der Waals surface area contributed by atoms with Crippen LogP contribution in [-0.4, -0.2) is 52.0 Å². The van der Waals surface area contributed by atoms with E-state index in [-0.39, 0.29) is 17.3 Å². The normalized spacial score (nSPS) is 14.7. The van der Waals surface area contributed by atoms with E-state index in [1.165, 1.54) is 17.5 Å². The minimum atomic E-state index is -3.74. The van der Waals surface area contributed by atoms with E-state index in [2.05, 4.69) is 5.32 Å². The van der Waals surface area contributed by atoms with Crippen molar-refractivity contribution >= 4 is 27.7 Å². The van der Waals surface area contributed by atoms with Gasteiger partial charge in [0.2, 0.25) is 10.0 Å². The maximum absolute atomic E-state index is 13.3. The molecule has 1 amide bonds. The third kappa shape index (κ3) is 6.30. The van der Waals surface area contributed by atoms with Crippen molar-refractivity contribution in [3.63, 3.8) is 0 Å². The molecule has 34 heavy (non-hydrogen) atoms. The molecule has 1 aliphatic heterocycles. The van der Waals surface area contributed by atoms with Gasteiger partial charge >= 0.3 is 0 Å². The number of carbonyl (C=O) groups is 1. The zero-order valence-electron chi connectivity index (χ0n) is 19.9. The van der Waals surface area contributed by atoms with Crippen molar-refractivity contribution in [3.8, 4) is 17.2 Å². The van der Waals surface area contributed by atoms with E-state index in [0.29, 0.717) is 36.9 Å². The summed E-state index contributed by atoms with van der Waals surface area (Å²) in [6.45, 7) is 4.74. The number of nitrogens with one attached hydrogen (secondary N) is 1. The standard InChI is InChI=1S/C25H32N2O6S/c1-4-9-19-10-12-21(23(16-19)31-3)33-18-25(28)26-20-11-13-22(32-5-2)24(17-20)34(29,30)27-14-7-6-8-15-27/h4,9-13,16-17H,5-8,14-15,18H2,1-3H3,(H,26,28)/b9-4+. The van der Waals surface area contributed by atoms with Gasteiger partial charge < -0.3 is 19.5 Å². The monoisotopic (exact) mass is 488 g/mol. The smallest absolute Gasteiger partial charge is 0.262 e. The summed E-state index contributed by atoms with van der Waals surface area (Å²) in [7, 11) is -2.21. The number of carbonyl (C=O) groups excluding carboxylic acids is 1. The summed E-state index contributed by atoms with van der Waals surface area (Å²) < 4.78 is 44.6.